The van der Waals surface area contributed by atoms with Gasteiger partial charge in [-0.3, -0.25) is 14.6 Å². The first-order valence-electron chi connectivity index (χ1n) is 3.81. The molecule has 0 aliphatic carbocycles. The molecule has 0 saturated heterocycles. The molecule has 1 aromatic heterocycles. The third kappa shape index (κ3) is 3.96. The minimum absolute atomic E-state index is 0. The first kappa shape index (κ1) is 14.5. The van der Waals surface area contributed by atoms with Crippen molar-refractivity contribution in [1.29, 1.82) is 0 Å². The molecule has 1 aromatic rings. The molecule has 0 fully saturated rings. The number of aromatic nitrogens is 2. The molecule has 0 amide bonds. The second kappa shape index (κ2) is 6.20. The maximum atomic E-state index is 11.1. The number of aromatic amines is 2. The fourth-order valence-electron chi connectivity index (χ4n) is 0.779. The van der Waals surface area contributed by atoms with Gasteiger partial charge in [-0.25, -0.2) is 9.59 Å². The van der Waals surface area contributed by atoms with Crippen molar-refractivity contribution < 1.29 is 14.3 Å². The molecule has 1 rings (SSSR count). The zero-order chi connectivity index (χ0) is 11.4. The van der Waals surface area contributed by atoms with Crippen LogP contribution < -0.4 is 17.0 Å². The van der Waals surface area contributed by atoms with Gasteiger partial charge in [0.2, 0.25) is 0 Å². The van der Waals surface area contributed by atoms with Crippen LogP contribution in [0, 0.1) is 0 Å². The molecule has 0 aliphatic heterocycles. The van der Waals surface area contributed by atoms with Crippen LogP contribution in [0.5, 0.6) is 0 Å². The van der Waals surface area contributed by atoms with Crippen molar-refractivity contribution in [3.05, 3.63) is 32.6 Å². The van der Waals surface area contributed by atoms with E-state index in [9.17, 15) is 19.2 Å². The van der Waals surface area contributed by atoms with Crippen molar-refractivity contribution >= 4 is 35.0 Å². The number of rotatable bonds is 2. The van der Waals surface area contributed by atoms with Gasteiger partial charge in [0.05, 0.1) is 6.54 Å². The summed E-state index contributed by atoms with van der Waals surface area (Å²) in [7, 11) is 0. The molecule has 84 valence electrons. The number of esters is 2. The fourth-order valence-corrected chi connectivity index (χ4v) is 0.779. The van der Waals surface area contributed by atoms with Gasteiger partial charge in [0.1, 0.15) is 5.69 Å². The number of hydrogen-bond donors (Lipinski definition) is 3. The molecular weight excluding hydrogens is 230 g/mol. The van der Waals surface area contributed by atoms with Crippen molar-refractivity contribution in [3.63, 3.8) is 0 Å². The van der Waals surface area contributed by atoms with Crippen molar-refractivity contribution in [3.8, 4) is 0 Å². The van der Waals surface area contributed by atoms with Crippen LogP contribution in [-0.2, 0) is 9.53 Å². The number of H-pyrrole nitrogens is 2. The third-order valence-corrected chi connectivity index (χ3v) is 1.35. The molecule has 4 N–H and O–H groups in total. The summed E-state index contributed by atoms with van der Waals surface area (Å²) in [6, 6.07) is 0.799. The Morgan fingerprint density at radius 2 is 1.94 bits per heavy atom. The second-order valence-electron chi connectivity index (χ2n) is 2.47. The highest BCUT2D eigenvalue weighted by molar-refractivity contribution is 5.95. The second-order valence-corrected chi connectivity index (χ2v) is 2.47. The Kier molecular flexibility index (Phi) is 5.64. The van der Waals surface area contributed by atoms with Crippen LogP contribution in [0.2, 0.25) is 0 Å². The SMILES string of the molecule is NCC(=O)OC(=O)c1cc(=O)[nH]c(=O)[nH]1.[MgH2]. The van der Waals surface area contributed by atoms with Crippen molar-refractivity contribution in [1.82, 2.24) is 9.97 Å². The third-order valence-electron chi connectivity index (χ3n) is 1.35. The van der Waals surface area contributed by atoms with Crippen LogP contribution in [0.4, 0.5) is 0 Å². The Morgan fingerprint density at radius 1 is 1.31 bits per heavy atom. The van der Waals surface area contributed by atoms with Crippen molar-refractivity contribution in [2.75, 3.05) is 6.54 Å². The molecule has 0 aliphatic rings. The number of hydrogen-bond acceptors (Lipinski definition) is 6. The van der Waals surface area contributed by atoms with E-state index in [1.54, 1.807) is 0 Å². The van der Waals surface area contributed by atoms with Crippen LogP contribution in [0.3, 0.4) is 0 Å². The number of nitrogens with two attached hydrogens (primary N) is 1. The average molecular weight is 239 g/mol. The van der Waals surface area contributed by atoms with Crippen LogP contribution in [0.25, 0.3) is 0 Å². The van der Waals surface area contributed by atoms with E-state index in [0.717, 1.165) is 6.07 Å². The average Bonchev–Trinajstić information content (AvgIpc) is 2.16. The Labute approximate surface area is 104 Å². The lowest BCUT2D eigenvalue weighted by molar-refractivity contribution is -0.136. The number of nitrogens with one attached hydrogen (secondary N) is 2. The quantitative estimate of drug-likeness (QED) is 0.282. The Morgan fingerprint density at radius 3 is 2.44 bits per heavy atom. The van der Waals surface area contributed by atoms with E-state index in [4.69, 9.17) is 5.73 Å². The topological polar surface area (TPSA) is 135 Å². The first-order valence-corrected chi connectivity index (χ1v) is 3.81. The highest BCUT2D eigenvalue weighted by atomic mass is 24.3. The zero-order valence-electron chi connectivity index (χ0n) is 7.40. The molecule has 16 heavy (non-hydrogen) atoms. The van der Waals surface area contributed by atoms with E-state index in [1.807, 2.05) is 9.97 Å². The van der Waals surface area contributed by atoms with E-state index in [-0.39, 0.29) is 23.1 Å². The van der Waals surface area contributed by atoms with Crippen LogP contribution >= 0.6 is 0 Å². The maximum absolute atomic E-state index is 11.1. The molecule has 0 atom stereocenters. The molecule has 8 nitrogen and oxygen atoms in total. The molecule has 0 saturated carbocycles. The normalized spacial score (nSPS) is 9.06. The predicted molar refractivity (Wildman–Crippen MR) is 55.7 cm³/mol. The van der Waals surface area contributed by atoms with Crippen LogP contribution in [0.15, 0.2) is 15.7 Å². The lowest BCUT2D eigenvalue weighted by Crippen LogP contribution is -2.27. The molecule has 0 bridgehead atoms. The molecule has 1 heterocycles. The summed E-state index contributed by atoms with van der Waals surface area (Å²) in [4.78, 5) is 47.1. The summed E-state index contributed by atoms with van der Waals surface area (Å²) in [5, 5.41) is 0. The van der Waals surface area contributed by atoms with E-state index in [0.29, 0.717) is 0 Å². The summed E-state index contributed by atoms with van der Waals surface area (Å²) in [5.74, 6) is -2.09. The monoisotopic (exact) mass is 239 g/mol. The van der Waals surface area contributed by atoms with Gasteiger partial charge in [-0.1, -0.05) is 0 Å². The molecule has 9 heteroatoms. The summed E-state index contributed by atoms with van der Waals surface area (Å²) in [6.07, 6.45) is 0. The van der Waals surface area contributed by atoms with Gasteiger partial charge in [-0.15, -0.1) is 0 Å². The van der Waals surface area contributed by atoms with Crippen LogP contribution in [0.1, 0.15) is 10.5 Å². The van der Waals surface area contributed by atoms with Gasteiger partial charge < -0.3 is 15.5 Å². The highest BCUT2D eigenvalue weighted by Gasteiger charge is 2.13. The standard InChI is InChI=1S/C7H7N3O5.Mg.2H/c8-2-5(12)15-6(13)3-1-4(11)10-7(14)9-3;;;/h1H,2,8H2,(H2,9,10,11,14);;;. The van der Waals surface area contributed by atoms with Gasteiger partial charge in [0, 0.05) is 6.07 Å². The van der Waals surface area contributed by atoms with Crippen molar-refractivity contribution in [2.24, 2.45) is 5.73 Å². The number of carbonyl (C=O) groups is 2. The maximum Gasteiger partial charge on any atom is 0.362 e. The zero-order valence-corrected chi connectivity index (χ0v) is 7.40. The molecule has 0 radical (unpaired) electrons. The van der Waals surface area contributed by atoms with E-state index >= 15 is 0 Å². The van der Waals surface area contributed by atoms with Gasteiger partial charge >= 0.3 is 40.7 Å². The molecule has 0 unspecified atom stereocenters. The summed E-state index contributed by atoms with van der Waals surface area (Å²) < 4.78 is 4.17. The highest BCUT2D eigenvalue weighted by Crippen LogP contribution is 1.91. The summed E-state index contributed by atoms with van der Waals surface area (Å²) >= 11 is 0. The van der Waals surface area contributed by atoms with Gasteiger partial charge in [-0.05, 0) is 0 Å². The number of carbonyl (C=O) groups excluding carboxylic acids is 2. The predicted octanol–water partition coefficient (Wildman–Crippen LogP) is -3.21. The Hall–Kier alpha value is -1.45. The Balaban J connectivity index is 0.00000225. The lowest BCUT2D eigenvalue weighted by atomic mass is 10.4. The Bertz CT molecular complexity index is 477. The van der Waals surface area contributed by atoms with E-state index in [1.165, 1.54) is 0 Å². The fraction of sp³-hybridized carbons (Fsp3) is 0.143. The van der Waals surface area contributed by atoms with Gasteiger partial charge in [-0.2, -0.15) is 0 Å². The smallest absolute Gasteiger partial charge is 0.362 e. The minimum atomic E-state index is -1.13. The van der Waals surface area contributed by atoms with Gasteiger partial charge in [0.15, 0.2) is 0 Å². The van der Waals surface area contributed by atoms with E-state index in [2.05, 4.69) is 4.74 Å². The van der Waals surface area contributed by atoms with Crippen LogP contribution in [-0.4, -0.2) is 51.5 Å². The number of ether oxygens (including phenoxy) is 1. The van der Waals surface area contributed by atoms with Crippen molar-refractivity contribution in [2.45, 2.75) is 0 Å². The molecule has 0 spiro atoms. The van der Waals surface area contributed by atoms with E-state index < -0.39 is 35.4 Å². The molecule has 0 aromatic carbocycles. The summed E-state index contributed by atoms with van der Waals surface area (Å²) in [5.41, 5.74) is 2.84. The minimum Gasteiger partial charge on any atom is -0.387 e. The van der Waals surface area contributed by atoms with Gasteiger partial charge in [0.25, 0.3) is 5.56 Å². The summed E-state index contributed by atoms with van der Waals surface area (Å²) in [6.45, 7) is -0.473. The lowest BCUT2D eigenvalue weighted by Gasteiger charge is -1.99. The largest absolute Gasteiger partial charge is 0.387 e. The first-order chi connectivity index (χ1) is 7.02. The molecular formula is C7H9MgN3O5.